The quantitative estimate of drug-likeness (QED) is 0.834. The van der Waals surface area contributed by atoms with Gasteiger partial charge in [0, 0.05) is 26.2 Å². The highest BCUT2D eigenvalue weighted by Gasteiger charge is 2.45. The van der Waals surface area contributed by atoms with E-state index in [0.717, 1.165) is 25.9 Å². The third-order valence-corrected chi connectivity index (χ3v) is 4.27. The Morgan fingerprint density at radius 3 is 2.83 bits per heavy atom. The summed E-state index contributed by atoms with van der Waals surface area (Å²) in [6.45, 7) is 8.69. The molecule has 106 valence electrons. The van der Waals surface area contributed by atoms with Gasteiger partial charge in [0.1, 0.15) is 0 Å². The SMILES string of the molecule is CCOC(C)(C)C(O)C1CCOC2(CCOC2)C1. The lowest BCUT2D eigenvalue weighted by Crippen LogP contribution is -2.50. The fourth-order valence-electron chi connectivity index (χ4n) is 3.22. The van der Waals surface area contributed by atoms with Crippen LogP contribution in [0.5, 0.6) is 0 Å². The monoisotopic (exact) mass is 258 g/mol. The fraction of sp³-hybridized carbons (Fsp3) is 1.00. The van der Waals surface area contributed by atoms with E-state index in [1.807, 2.05) is 20.8 Å². The van der Waals surface area contributed by atoms with Crippen LogP contribution >= 0.6 is 0 Å². The molecule has 0 aliphatic carbocycles. The minimum atomic E-state index is -0.489. The number of ether oxygens (including phenoxy) is 3. The van der Waals surface area contributed by atoms with E-state index in [0.29, 0.717) is 19.8 Å². The molecule has 0 radical (unpaired) electrons. The summed E-state index contributed by atoms with van der Waals surface area (Å²) in [7, 11) is 0. The zero-order chi connectivity index (χ0) is 13.2. The fourth-order valence-corrected chi connectivity index (χ4v) is 3.22. The lowest BCUT2D eigenvalue weighted by Gasteiger charge is -2.43. The second-order valence-corrected chi connectivity index (χ2v) is 6.07. The van der Waals surface area contributed by atoms with Gasteiger partial charge in [0.25, 0.3) is 0 Å². The summed E-state index contributed by atoms with van der Waals surface area (Å²) in [6, 6.07) is 0. The number of aliphatic hydroxyl groups excluding tert-OH is 1. The molecule has 18 heavy (non-hydrogen) atoms. The van der Waals surface area contributed by atoms with Gasteiger partial charge in [-0.15, -0.1) is 0 Å². The van der Waals surface area contributed by atoms with Crippen LogP contribution < -0.4 is 0 Å². The molecule has 4 heteroatoms. The van der Waals surface area contributed by atoms with Crippen LogP contribution in [0.25, 0.3) is 0 Å². The van der Waals surface area contributed by atoms with Gasteiger partial charge in [-0.25, -0.2) is 0 Å². The molecule has 0 aromatic heterocycles. The number of hydrogen-bond donors (Lipinski definition) is 1. The van der Waals surface area contributed by atoms with Gasteiger partial charge in [-0.3, -0.25) is 0 Å². The van der Waals surface area contributed by atoms with Crippen molar-refractivity contribution < 1.29 is 19.3 Å². The summed E-state index contributed by atoms with van der Waals surface area (Å²) in [4.78, 5) is 0. The lowest BCUT2D eigenvalue weighted by molar-refractivity contribution is -0.162. The topological polar surface area (TPSA) is 47.9 Å². The van der Waals surface area contributed by atoms with Crippen molar-refractivity contribution in [2.75, 3.05) is 26.4 Å². The van der Waals surface area contributed by atoms with Gasteiger partial charge in [-0.05, 0) is 39.5 Å². The Hall–Kier alpha value is -0.160. The Bertz CT molecular complexity index is 271. The average molecular weight is 258 g/mol. The molecule has 2 rings (SSSR count). The largest absolute Gasteiger partial charge is 0.390 e. The normalized spacial score (nSPS) is 35.0. The van der Waals surface area contributed by atoms with Crippen LogP contribution in [0.15, 0.2) is 0 Å². The molecule has 0 saturated carbocycles. The second-order valence-electron chi connectivity index (χ2n) is 6.07. The van der Waals surface area contributed by atoms with E-state index >= 15 is 0 Å². The average Bonchev–Trinajstić information content (AvgIpc) is 2.76. The van der Waals surface area contributed by atoms with Gasteiger partial charge in [0.05, 0.1) is 23.9 Å². The predicted octanol–water partition coefficient (Wildman–Crippen LogP) is 1.75. The maximum atomic E-state index is 10.6. The summed E-state index contributed by atoms with van der Waals surface area (Å²) < 4.78 is 17.0. The number of aliphatic hydroxyl groups is 1. The first-order valence-corrected chi connectivity index (χ1v) is 7.03. The van der Waals surface area contributed by atoms with Crippen molar-refractivity contribution in [1.29, 1.82) is 0 Å². The predicted molar refractivity (Wildman–Crippen MR) is 68.6 cm³/mol. The summed E-state index contributed by atoms with van der Waals surface area (Å²) >= 11 is 0. The van der Waals surface area contributed by atoms with E-state index in [9.17, 15) is 5.11 Å². The third kappa shape index (κ3) is 2.87. The summed E-state index contributed by atoms with van der Waals surface area (Å²) in [5.41, 5.74) is -0.635. The Morgan fingerprint density at radius 1 is 1.44 bits per heavy atom. The molecule has 1 N–H and O–H groups in total. The zero-order valence-electron chi connectivity index (χ0n) is 11.8. The first kappa shape index (κ1) is 14.3. The van der Waals surface area contributed by atoms with Crippen LogP contribution in [0.1, 0.15) is 40.0 Å². The molecule has 3 unspecified atom stereocenters. The standard InChI is InChI=1S/C14H26O4/c1-4-17-13(2,3)12(15)11-5-7-18-14(9-11)6-8-16-10-14/h11-12,15H,4-10H2,1-3H3. The van der Waals surface area contributed by atoms with Gasteiger partial charge >= 0.3 is 0 Å². The third-order valence-electron chi connectivity index (χ3n) is 4.27. The Labute approximate surface area is 110 Å². The van der Waals surface area contributed by atoms with Crippen molar-refractivity contribution in [1.82, 2.24) is 0 Å². The van der Waals surface area contributed by atoms with E-state index in [1.54, 1.807) is 0 Å². The Kier molecular flexibility index (Phi) is 4.32. The highest BCUT2D eigenvalue weighted by molar-refractivity contribution is 4.95. The molecular formula is C14H26O4. The van der Waals surface area contributed by atoms with Crippen LogP contribution in [0, 0.1) is 5.92 Å². The van der Waals surface area contributed by atoms with Gasteiger partial charge in [-0.2, -0.15) is 0 Å². The molecule has 2 heterocycles. The molecule has 2 aliphatic heterocycles. The van der Waals surface area contributed by atoms with Crippen molar-refractivity contribution in [3.63, 3.8) is 0 Å². The summed E-state index contributed by atoms with van der Waals surface area (Å²) in [5, 5.41) is 10.6. The second kappa shape index (κ2) is 5.45. The first-order chi connectivity index (χ1) is 8.49. The first-order valence-electron chi connectivity index (χ1n) is 7.03. The molecule has 2 fully saturated rings. The highest BCUT2D eigenvalue weighted by Crippen LogP contribution is 2.39. The van der Waals surface area contributed by atoms with Crippen LogP contribution in [0.3, 0.4) is 0 Å². The number of hydrogen-bond acceptors (Lipinski definition) is 4. The molecular weight excluding hydrogens is 232 g/mol. The van der Waals surface area contributed by atoms with Crippen molar-refractivity contribution in [3.8, 4) is 0 Å². The van der Waals surface area contributed by atoms with Crippen molar-refractivity contribution in [2.24, 2.45) is 5.92 Å². The zero-order valence-corrected chi connectivity index (χ0v) is 11.8. The van der Waals surface area contributed by atoms with Gasteiger partial charge in [0.2, 0.25) is 0 Å². The molecule has 0 aromatic rings. The Balaban J connectivity index is 2.00. The Morgan fingerprint density at radius 2 is 2.22 bits per heavy atom. The van der Waals surface area contributed by atoms with E-state index < -0.39 is 11.7 Å². The molecule has 3 atom stereocenters. The smallest absolute Gasteiger partial charge is 0.0940 e. The maximum absolute atomic E-state index is 10.6. The van der Waals surface area contributed by atoms with E-state index in [4.69, 9.17) is 14.2 Å². The highest BCUT2D eigenvalue weighted by atomic mass is 16.6. The van der Waals surface area contributed by atoms with Gasteiger partial charge < -0.3 is 19.3 Å². The molecule has 1 spiro atoms. The van der Waals surface area contributed by atoms with E-state index in [1.165, 1.54) is 0 Å². The maximum Gasteiger partial charge on any atom is 0.0940 e. The van der Waals surface area contributed by atoms with Crippen molar-refractivity contribution >= 4 is 0 Å². The van der Waals surface area contributed by atoms with Crippen LogP contribution in [0.4, 0.5) is 0 Å². The molecule has 0 amide bonds. The van der Waals surface area contributed by atoms with Crippen LogP contribution in [0.2, 0.25) is 0 Å². The molecule has 2 saturated heterocycles. The summed E-state index contributed by atoms with van der Waals surface area (Å²) in [6.07, 6.45) is 2.29. The molecule has 2 aliphatic rings. The molecule has 0 bridgehead atoms. The van der Waals surface area contributed by atoms with E-state index in [-0.39, 0.29) is 11.5 Å². The van der Waals surface area contributed by atoms with Gasteiger partial charge in [0.15, 0.2) is 0 Å². The van der Waals surface area contributed by atoms with Crippen LogP contribution in [-0.4, -0.2) is 48.8 Å². The number of rotatable bonds is 4. The van der Waals surface area contributed by atoms with Crippen molar-refractivity contribution in [3.05, 3.63) is 0 Å². The lowest BCUT2D eigenvalue weighted by atomic mass is 9.78. The van der Waals surface area contributed by atoms with Gasteiger partial charge in [-0.1, -0.05) is 0 Å². The molecule has 0 aromatic carbocycles. The van der Waals surface area contributed by atoms with Crippen LogP contribution in [-0.2, 0) is 14.2 Å². The minimum Gasteiger partial charge on any atom is -0.390 e. The minimum absolute atomic E-state index is 0.147. The van der Waals surface area contributed by atoms with E-state index in [2.05, 4.69) is 0 Å². The van der Waals surface area contributed by atoms with Crippen molar-refractivity contribution in [2.45, 2.75) is 57.3 Å². The molecule has 4 nitrogen and oxygen atoms in total. The summed E-state index contributed by atoms with van der Waals surface area (Å²) in [5.74, 6) is 0.238.